The molecule has 1 aliphatic rings. The number of nitrogens with zero attached hydrogens (tertiary/aromatic N) is 2. The van der Waals surface area contributed by atoms with Gasteiger partial charge in [-0.1, -0.05) is 22.4 Å². The number of rotatable bonds is 4. The van der Waals surface area contributed by atoms with E-state index in [4.69, 9.17) is 5.26 Å². The number of hydrogen-bond acceptors (Lipinski definition) is 3. The third-order valence-corrected chi connectivity index (χ3v) is 3.79. The molecule has 1 aromatic carbocycles. The van der Waals surface area contributed by atoms with Crippen LogP contribution in [0.15, 0.2) is 22.7 Å². The molecule has 2 rings (SSSR count). The van der Waals surface area contributed by atoms with Gasteiger partial charge in [-0.05, 0) is 44.1 Å². The number of halogens is 1. The van der Waals surface area contributed by atoms with Crippen molar-refractivity contribution in [3.8, 4) is 6.07 Å². The number of benzene rings is 1. The van der Waals surface area contributed by atoms with Crippen LogP contribution in [0.2, 0.25) is 0 Å². The zero-order valence-electron chi connectivity index (χ0n) is 10.5. The fourth-order valence-electron chi connectivity index (χ4n) is 2.29. The van der Waals surface area contributed by atoms with E-state index < -0.39 is 0 Å². The second kappa shape index (κ2) is 6.77. The summed E-state index contributed by atoms with van der Waals surface area (Å²) in [6.07, 6.45) is 4.01. The molecule has 96 valence electrons. The highest BCUT2D eigenvalue weighted by molar-refractivity contribution is 9.10. The predicted molar refractivity (Wildman–Crippen MR) is 77.6 cm³/mol. The van der Waals surface area contributed by atoms with Crippen LogP contribution in [0.3, 0.4) is 0 Å². The zero-order valence-corrected chi connectivity index (χ0v) is 12.0. The summed E-state index contributed by atoms with van der Waals surface area (Å²) >= 11 is 3.43. The Kier molecular flexibility index (Phi) is 5.03. The quantitative estimate of drug-likeness (QED) is 0.928. The molecule has 1 fully saturated rings. The van der Waals surface area contributed by atoms with Gasteiger partial charge in [0.25, 0.3) is 0 Å². The molecule has 1 saturated heterocycles. The maximum atomic E-state index is 9.04. The summed E-state index contributed by atoms with van der Waals surface area (Å²) < 4.78 is 1.00. The maximum Gasteiger partial charge on any atom is 0.101 e. The van der Waals surface area contributed by atoms with Crippen LogP contribution >= 0.6 is 15.9 Å². The Bertz CT molecular complexity index is 433. The first-order valence-electron chi connectivity index (χ1n) is 6.45. The number of hydrogen-bond donors (Lipinski definition) is 1. The Morgan fingerprint density at radius 2 is 2.06 bits per heavy atom. The highest BCUT2D eigenvalue weighted by Crippen LogP contribution is 2.20. The summed E-state index contributed by atoms with van der Waals surface area (Å²) in [5.74, 6) is 0. The molecule has 0 aromatic heterocycles. The Balaban J connectivity index is 1.86. The number of likely N-dealkylation sites (tertiary alicyclic amines) is 1. The monoisotopic (exact) mass is 307 g/mol. The Morgan fingerprint density at radius 1 is 1.28 bits per heavy atom. The topological polar surface area (TPSA) is 39.1 Å². The van der Waals surface area contributed by atoms with Crippen LogP contribution < -0.4 is 5.32 Å². The van der Waals surface area contributed by atoms with Crippen molar-refractivity contribution in [3.63, 3.8) is 0 Å². The van der Waals surface area contributed by atoms with Gasteiger partial charge in [0.1, 0.15) is 6.07 Å². The third-order valence-electron chi connectivity index (χ3n) is 3.29. The van der Waals surface area contributed by atoms with Gasteiger partial charge < -0.3 is 10.2 Å². The van der Waals surface area contributed by atoms with E-state index in [-0.39, 0.29) is 0 Å². The maximum absolute atomic E-state index is 9.04. The lowest BCUT2D eigenvalue weighted by molar-refractivity contribution is 0.237. The van der Waals surface area contributed by atoms with Crippen molar-refractivity contribution in [2.45, 2.75) is 19.3 Å². The molecule has 0 unspecified atom stereocenters. The largest absolute Gasteiger partial charge is 0.383 e. The van der Waals surface area contributed by atoms with Gasteiger partial charge >= 0.3 is 0 Å². The summed E-state index contributed by atoms with van der Waals surface area (Å²) in [5, 5.41) is 12.4. The van der Waals surface area contributed by atoms with Crippen LogP contribution in [0.5, 0.6) is 0 Å². The van der Waals surface area contributed by atoms with Gasteiger partial charge in [0.05, 0.1) is 11.3 Å². The van der Waals surface area contributed by atoms with E-state index in [0.717, 1.165) is 23.2 Å². The summed E-state index contributed by atoms with van der Waals surface area (Å²) in [6, 6.07) is 7.92. The number of anilines is 1. The van der Waals surface area contributed by atoms with Crippen molar-refractivity contribution >= 4 is 21.6 Å². The normalized spacial score (nSPS) is 16.2. The van der Waals surface area contributed by atoms with Crippen molar-refractivity contribution in [2.24, 2.45) is 0 Å². The number of nitriles is 1. The van der Waals surface area contributed by atoms with Gasteiger partial charge in [-0.25, -0.2) is 0 Å². The first kappa shape index (κ1) is 13.4. The Labute approximate surface area is 117 Å². The van der Waals surface area contributed by atoms with Crippen molar-refractivity contribution in [1.29, 1.82) is 5.26 Å². The lowest BCUT2D eigenvalue weighted by Crippen LogP contribution is -2.33. The van der Waals surface area contributed by atoms with Crippen LogP contribution in [0.4, 0.5) is 5.69 Å². The van der Waals surface area contributed by atoms with Crippen LogP contribution in [0.1, 0.15) is 24.8 Å². The first-order chi connectivity index (χ1) is 8.79. The molecule has 0 radical (unpaired) electrons. The highest BCUT2D eigenvalue weighted by atomic mass is 79.9. The molecule has 1 aromatic rings. The van der Waals surface area contributed by atoms with Crippen molar-refractivity contribution in [1.82, 2.24) is 4.90 Å². The molecule has 0 bridgehead atoms. The average Bonchev–Trinajstić information content (AvgIpc) is 2.40. The highest BCUT2D eigenvalue weighted by Gasteiger charge is 2.09. The summed E-state index contributed by atoms with van der Waals surface area (Å²) in [4.78, 5) is 2.49. The van der Waals surface area contributed by atoms with Crippen LogP contribution in [0, 0.1) is 11.3 Å². The SMILES string of the molecule is N#Cc1ccc(Br)cc1NCCN1CCCCC1. The molecule has 0 aliphatic carbocycles. The van der Waals surface area contributed by atoms with Gasteiger partial charge in [0.2, 0.25) is 0 Å². The van der Waals surface area contributed by atoms with Gasteiger partial charge in [-0.3, -0.25) is 0 Å². The van der Waals surface area contributed by atoms with Gasteiger partial charge in [0.15, 0.2) is 0 Å². The smallest absolute Gasteiger partial charge is 0.101 e. The lowest BCUT2D eigenvalue weighted by Gasteiger charge is -2.26. The van der Waals surface area contributed by atoms with E-state index in [1.54, 1.807) is 0 Å². The van der Waals surface area contributed by atoms with Crippen LogP contribution in [-0.2, 0) is 0 Å². The van der Waals surface area contributed by atoms with E-state index >= 15 is 0 Å². The summed E-state index contributed by atoms with van der Waals surface area (Å²) in [5.41, 5.74) is 1.63. The van der Waals surface area contributed by atoms with Crippen LogP contribution in [0.25, 0.3) is 0 Å². The molecule has 3 nitrogen and oxygen atoms in total. The van der Waals surface area contributed by atoms with E-state index in [0.29, 0.717) is 5.56 Å². The first-order valence-corrected chi connectivity index (χ1v) is 7.25. The van der Waals surface area contributed by atoms with E-state index in [1.807, 2.05) is 18.2 Å². The molecule has 0 amide bonds. The molecular formula is C14H18BrN3. The molecule has 1 aliphatic heterocycles. The fraction of sp³-hybridized carbons (Fsp3) is 0.500. The number of piperidine rings is 1. The van der Waals surface area contributed by atoms with Gasteiger partial charge in [-0.2, -0.15) is 5.26 Å². The fourth-order valence-corrected chi connectivity index (χ4v) is 2.65. The molecule has 1 heterocycles. The Hall–Kier alpha value is -1.05. The average molecular weight is 308 g/mol. The second-order valence-corrected chi connectivity index (χ2v) is 5.55. The second-order valence-electron chi connectivity index (χ2n) is 4.63. The predicted octanol–water partition coefficient (Wildman–Crippen LogP) is 3.22. The van der Waals surface area contributed by atoms with Gasteiger partial charge in [-0.15, -0.1) is 0 Å². The van der Waals surface area contributed by atoms with E-state index in [2.05, 4.69) is 32.2 Å². The van der Waals surface area contributed by atoms with E-state index in [1.165, 1.54) is 32.4 Å². The van der Waals surface area contributed by atoms with Crippen LogP contribution in [-0.4, -0.2) is 31.1 Å². The summed E-state index contributed by atoms with van der Waals surface area (Å²) in [7, 11) is 0. The Morgan fingerprint density at radius 3 is 2.78 bits per heavy atom. The van der Waals surface area contributed by atoms with Crippen molar-refractivity contribution in [3.05, 3.63) is 28.2 Å². The zero-order chi connectivity index (χ0) is 12.8. The molecule has 0 saturated carbocycles. The van der Waals surface area contributed by atoms with Crippen molar-refractivity contribution < 1.29 is 0 Å². The molecule has 4 heteroatoms. The molecule has 18 heavy (non-hydrogen) atoms. The minimum atomic E-state index is 0.705. The molecule has 0 spiro atoms. The number of nitrogens with one attached hydrogen (secondary N) is 1. The standard InChI is InChI=1S/C14H18BrN3/c15-13-5-4-12(11-16)14(10-13)17-6-9-18-7-2-1-3-8-18/h4-5,10,17H,1-3,6-9H2. The lowest BCUT2D eigenvalue weighted by atomic mass is 10.1. The minimum absolute atomic E-state index is 0.705. The summed E-state index contributed by atoms with van der Waals surface area (Å²) in [6.45, 7) is 4.37. The molecular weight excluding hydrogens is 290 g/mol. The van der Waals surface area contributed by atoms with Gasteiger partial charge in [0, 0.05) is 17.6 Å². The molecule has 1 N–H and O–H groups in total. The van der Waals surface area contributed by atoms with E-state index in [9.17, 15) is 0 Å². The van der Waals surface area contributed by atoms with Crippen molar-refractivity contribution in [2.75, 3.05) is 31.5 Å². The third kappa shape index (κ3) is 3.72. The molecule has 0 atom stereocenters. The minimum Gasteiger partial charge on any atom is -0.383 e.